The van der Waals surface area contributed by atoms with Gasteiger partial charge in [-0.05, 0) is 37.3 Å². The first-order chi connectivity index (χ1) is 16.1. The molecule has 2 aromatic rings. The fourth-order valence-electron chi connectivity index (χ4n) is 4.48. The van der Waals surface area contributed by atoms with Gasteiger partial charge in [-0.3, -0.25) is 19.2 Å². The number of nitrogens with zero attached hydrogens (tertiary/aromatic N) is 2. The van der Waals surface area contributed by atoms with Crippen LogP contribution in [0.5, 0.6) is 0 Å². The summed E-state index contributed by atoms with van der Waals surface area (Å²) in [5, 5.41) is 14.3. The number of hydrogen-bond acceptors (Lipinski definition) is 6. The number of aryl methyl sites for hydroxylation is 1. The first-order valence-electron chi connectivity index (χ1n) is 11.2. The molecule has 34 heavy (non-hydrogen) atoms. The second-order valence-corrected chi connectivity index (χ2v) is 10.5. The molecule has 2 aromatic carbocycles. The van der Waals surface area contributed by atoms with Crippen molar-refractivity contribution in [2.45, 2.75) is 44.6 Å². The summed E-state index contributed by atoms with van der Waals surface area (Å²) in [7, 11) is -3.92. The minimum Gasteiger partial charge on any atom is -0.381 e. The van der Waals surface area contributed by atoms with Gasteiger partial charge >= 0.3 is 0 Å². The van der Waals surface area contributed by atoms with Crippen LogP contribution in [-0.2, 0) is 25.0 Å². The molecule has 1 fully saturated rings. The van der Waals surface area contributed by atoms with Crippen LogP contribution in [0.2, 0.25) is 0 Å². The molecule has 9 nitrogen and oxygen atoms in total. The van der Waals surface area contributed by atoms with Crippen LogP contribution in [0, 0.1) is 17.0 Å². The summed E-state index contributed by atoms with van der Waals surface area (Å²) in [6.45, 7) is 4.86. The highest BCUT2D eigenvalue weighted by molar-refractivity contribution is 7.92. The van der Waals surface area contributed by atoms with Crippen molar-refractivity contribution in [2.24, 2.45) is 0 Å². The third-order valence-electron chi connectivity index (χ3n) is 6.41. The van der Waals surface area contributed by atoms with Gasteiger partial charge in [-0.15, -0.1) is 0 Å². The molecule has 1 atom stereocenters. The normalized spacial score (nSPS) is 16.4. The molecule has 0 aliphatic carbocycles. The maximum atomic E-state index is 13.4. The summed E-state index contributed by atoms with van der Waals surface area (Å²) in [5.41, 5.74) is 1.19. The average Bonchev–Trinajstić information content (AvgIpc) is 2.82. The van der Waals surface area contributed by atoms with Crippen molar-refractivity contribution in [3.8, 4) is 0 Å². The van der Waals surface area contributed by atoms with Crippen LogP contribution in [0.3, 0.4) is 0 Å². The van der Waals surface area contributed by atoms with E-state index < -0.39 is 26.9 Å². The number of amides is 1. The molecule has 0 radical (unpaired) electrons. The van der Waals surface area contributed by atoms with E-state index in [4.69, 9.17) is 4.74 Å². The number of non-ortho nitro benzene ring substituents is 1. The Bertz CT molecular complexity index is 1130. The second-order valence-electron chi connectivity index (χ2n) is 8.69. The van der Waals surface area contributed by atoms with Crippen LogP contribution in [-0.4, -0.2) is 51.3 Å². The first kappa shape index (κ1) is 25.6. The number of benzene rings is 2. The van der Waals surface area contributed by atoms with Crippen molar-refractivity contribution >= 4 is 27.3 Å². The standard InChI is InChI=1S/C24H31N3O6S/c1-4-21(26(34(3,31)32)22-16-20(27(29)30)11-10-18(22)2)23(28)25-17-24(12-14-33-15-13-24)19-8-6-5-7-9-19/h5-11,16,21H,4,12-15,17H2,1-3H3,(H,25,28). The minimum absolute atomic E-state index is 0.127. The third-order valence-corrected chi connectivity index (χ3v) is 7.57. The van der Waals surface area contributed by atoms with Crippen molar-refractivity contribution in [2.75, 3.05) is 30.3 Å². The zero-order chi connectivity index (χ0) is 24.9. The Morgan fingerprint density at radius 3 is 2.41 bits per heavy atom. The van der Waals surface area contributed by atoms with Gasteiger partial charge in [0.1, 0.15) is 6.04 Å². The third kappa shape index (κ3) is 5.56. The van der Waals surface area contributed by atoms with E-state index in [1.807, 2.05) is 30.3 Å². The summed E-state index contributed by atoms with van der Waals surface area (Å²) < 4.78 is 32.2. The van der Waals surface area contributed by atoms with Crippen LogP contribution < -0.4 is 9.62 Å². The maximum absolute atomic E-state index is 13.4. The van der Waals surface area contributed by atoms with E-state index in [2.05, 4.69) is 5.32 Å². The molecule has 1 N–H and O–H groups in total. The molecule has 10 heteroatoms. The SMILES string of the molecule is CCC(C(=O)NCC1(c2ccccc2)CCOCC1)N(c1cc([N+](=O)[O-])ccc1C)S(C)(=O)=O. The molecule has 1 aliphatic rings. The van der Waals surface area contributed by atoms with Gasteiger partial charge in [-0.25, -0.2) is 8.42 Å². The molecule has 3 rings (SSSR count). The smallest absolute Gasteiger partial charge is 0.271 e. The largest absolute Gasteiger partial charge is 0.381 e. The number of sulfonamides is 1. The van der Waals surface area contributed by atoms with Gasteiger partial charge < -0.3 is 10.1 Å². The van der Waals surface area contributed by atoms with Gasteiger partial charge in [0.05, 0.1) is 16.9 Å². The van der Waals surface area contributed by atoms with Gasteiger partial charge in [0.15, 0.2) is 0 Å². The Balaban J connectivity index is 1.92. The Hall–Kier alpha value is -2.98. The molecular formula is C24H31N3O6S. The summed E-state index contributed by atoms with van der Waals surface area (Å²) in [6, 6.07) is 12.9. The highest BCUT2D eigenvalue weighted by Crippen LogP contribution is 2.35. The molecular weight excluding hydrogens is 458 g/mol. The van der Waals surface area contributed by atoms with E-state index in [9.17, 15) is 23.3 Å². The van der Waals surface area contributed by atoms with Gasteiger partial charge in [0.2, 0.25) is 15.9 Å². The average molecular weight is 490 g/mol. The van der Waals surface area contributed by atoms with E-state index in [0.29, 0.717) is 25.3 Å². The molecule has 0 spiro atoms. The zero-order valence-electron chi connectivity index (χ0n) is 19.7. The Labute approximate surface area is 200 Å². The van der Waals surface area contributed by atoms with Crippen molar-refractivity contribution in [3.05, 3.63) is 69.8 Å². The summed E-state index contributed by atoms with van der Waals surface area (Å²) >= 11 is 0. The number of ether oxygens (including phenoxy) is 1. The van der Waals surface area contributed by atoms with Crippen molar-refractivity contribution in [1.29, 1.82) is 0 Å². The van der Waals surface area contributed by atoms with E-state index in [1.54, 1.807) is 13.8 Å². The maximum Gasteiger partial charge on any atom is 0.271 e. The summed E-state index contributed by atoms with van der Waals surface area (Å²) in [4.78, 5) is 24.1. The molecule has 1 unspecified atom stereocenters. The number of carbonyl (C=O) groups is 1. The Morgan fingerprint density at radius 1 is 1.21 bits per heavy atom. The van der Waals surface area contributed by atoms with E-state index in [1.165, 1.54) is 18.2 Å². The highest BCUT2D eigenvalue weighted by Gasteiger charge is 2.37. The van der Waals surface area contributed by atoms with Gasteiger partial charge in [-0.2, -0.15) is 0 Å². The molecule has 1 aliphatic heterocycles. The fourth-order valence-corrected chi connectivity index (χ4v) is 5.74. The second kappa shape index (κ2) is 10.5. The van der Waals surface area contributed by atoms with Gasteiger partial charge in [0.25, 0.3) is 5.69 Å². The van der Waals surface area contributed by atoms with Crippen LogP contribution in [0.15, 0.2) is 48.5 Å². The number of nitrogens with one attached hydrogen (secondary N) is 1. The first-order valence-corrected chi connectivity index (χ1v) is 13.1. The van der Waals surface area contributed by atoms with Crippen molar-refractivity contribution < 1.29 is 22.9 Å². The van der Waals surface area contributed by atoms with Crippen molar-refractivity contribution in [1.82, 2.24) is 5.32 Å². The number of anilines is 1. The topological polar surface area (TPSA) is 119 Å². The number of nitro benzene ring substituents is 1. The minimum atomic E-state index is -3.92. The van der Waals surface area contributed by atoms with Crippen LogP contribution >= 0.6 is 0 Å². The summed E-state index contributed by atoms with van der Waals surface area (Å²) in [6.07, 6.45) is 2.66. The lowest BCUT2D eigenvalue weighted by Crippen LogP contribution is -2.53. The molecule has 1 saturated heterocycles. The molecule has 0 bridgehead atoms. The predicted octanol–water partition coefficient (Wildman–Crippen LogP) is 3.31. The number of carbonyl (C=O) groups excluding carboxylic acids is 1. The monoisotopic (exact) mass is 489 g/mol. The highest BCUT2D eigenvalue weighted by atomic mass is 32.2. The zero-order valence-corrected chi connectivity index (χ0v) is 20.5. The van der Waals surface area contributed by atoms with Gasteiger partial charge in [-0.1, -0.05) is 43.3 Å². The van der Waals surface area contributed by atoms with Crippen LogP contribution in [0.4, 0.5) is 11.4 Å². The lowest BCUT2D eigenvalue weighted by Gasteiger charge is -2.39. The van der Waals surface area contributed by atoms with Crippen LogP contribution in [0.25, 0.3) is 0 Å². The molecule has 1 heterocycles. The molecule has 0 saturated carbocycles. The predicted molar refractivity (Wildman–Crippen MR) is 130 cm³/mol. The van der Waals surface area contributed by atoms with E-state index >= 15 is 0 Å². The molecule has 184 valence electrons. The fraction of sp³-hybridized carbons (Fsp3) is 0.458. The number of nitro groups is 1. The Morgan fingerprint density at radius 2 is 1.85 bits per heavy atom. The van der Waals surface area contributed by atoms with E-state index in [0.717, 1.165) is 29.0 Å². The number of rotatable bonds is 9. The molecule has 1 amide bonds. The van der Waals surface area contributed by atoms with Crippen LogP contribution in [0.1, 0.15) is 37.3 Å². The quantitative estimate of drug-likeness (QED) is 0.426. The lowest BCUT2D eigenvalue weighted by molar-refractivity contribution is -0.384. The Kier molecular flexibility index (Phi) is 7.93. The van der Waals surface area contributed by atoms with Gasteiger partial charge in [0, 0.05) is 37.3 Å². The van der Waals surface area contributed by atoms with Crippen molar-refractivity contribution in [3.63, 3.8) is 0 Å². The number of hydrogen-bond donors (Lipinski definition) is 1. The lowest BCUT2D eigenvalue weighted by atomic mass is 9.74. The summed E-state index contributed by atoms with van der Waals surface area (Å²) in [5.74, 6) is -0.444. The molecule has 0 aromatic heterocycles. The van der Waals surface area contributed by atoms with E-state index in [-0.39, 0.29) is 23.2 Å².